The van der Waals surface area contributed by atoms with Gasteiger partial charge in [0.1, 0.15) is 11.9 Å². The molecule has 3 nitrogen and oxygen atoms in total. The molecule has 1 N–H and O–H groups in total. The smallest absolute Gasteiger partial charge is 0.124 e. The van der Waals surface area contributed by atoms with E-state index >= 15 is 0 Å². The lowest BCUT2D eigenvalue weighted by molar-refractivity contribution is 0.216. The number of hydrogen-bond acceptors (Lipinski definition) is 2. The summed E-state index contributed by atoms with van der Waals surface area (Å²) in [6.45, 7) is 1.91. The molecule has 5 heteroatoms. The van der Waals surface area contributed by atoms with E-state index in [1.165, 1.54) is 31.4 Å². The lowest BCUT2D eigenvalue weighted by Gasteiger charge is -2.25. The molecule has 1 unspecified atom stereocenters. The van der Waals surface area contributed by atoms with Gasteiger partial charge in [0.15, 0.2) is 0 Å². The van der Waals surface area contributed by atoms with Crippen molar-refractivity contribution in [3.8, 4) is 0 Å². The Balaban J connectivity index is 2.04. The number of halogens is 2. The number of hydrogen-bond donors (Lipinski definition) is 1. The van der Waals surface area contributed by atoms with E-state index in [-0.39, 0.29) is 5.02 Å². The predicted molar refractivity (Wildman–Crippen MR) is 89.2 cm³/mol. The van der Waals surface area contributed by atoms with Crippen LogP contribution in [0.15, 0.2) is 18.2 Å². The molecule has 1 aromatic heterocycles. The van der Waals surface area contributed by atoms with Crippen LogP contribution in [0.1, 0.15) is 66.6 Å². The second kappa shape index (κ2) is 6.62. The summed E-state index contributed by atoms with van der Waals surface area (Å²) in [5.41, 5.74) is 3.25. The van der Waals surface area contributed by atoms with Crippen LogP contribution in [-0.2, 0) is 7.05 Å². The molecular formula is C18H22ClFN2O. The van der Waals surface area contributed by atoms with Gasteiger partial charge in [0.25, 0.3) is 0 Å². The SMILES string of the molecule is Cc1nn(C)c(C2CCCCC2)c1C(O)c1ccc(F)cc1Cl. The van der Waals surface area contributed by atoms with Gasteiger partial charge in [0, 0.05) is 34.8 Å². The van der Waals surface area contributed by atoms with E-state index in [9.17, 15) is 9.50 Å². The topological polar surface area (TPSA) is 38.0 Å². The Morgan fingerprint density at radius 3 is 2.65 bits per heavy atom. The molecule has 1 aromatic carbocycles. The van der Waals surface area contributed by atoms with Gasteiger partial charge in [-0.15, -0.1) is 0 Å². The second-order valence-corrected chi connectivity index (χ2v) is 6.82. The fraction of sp³-hybridized carbons (Fsp3) is 0.500. The van der Waals surface area contributed by atoms with Crippen molar-refractivity contribution in [3.05, 3.63) is 51.6 Å². The predicted octanol–water partition coefficient (Wildman–Crippen LogP) is 4.65. The van der Waals surface area contributed by atoms with Gasteiger partial charge < -0.3 is 5.11 Å². The van der Waals surface area contributed by atoms with Crippen molar-refractivity contribution in [2.75, 3.05) is 0 Å². The van der Waals surface area contributed by atoms with Crippen molar-refractivity contribution in [3.63, 3.8) is 0 Å². The molecule has 0 amide bonds. The number of aromatic nitrogens is 2. The van der Waals surface area contributed by atoms with E-state index in [0.29, 0.717) is 11.5 Å². The fourth-order valence-corrected chi connectivity index (χ4v) is 4.04. The first kappa shape index (κ1) is 16.5. The zero-order chi connectivity index (χ0) is 16.6. The first-order valence-electron chi connectivity index (χ1n) is 8.15. The number of nitrogens with zero attached hydrogens (tertiary/aromatic N) is 2. The largest absolute Gasteiger partial charge is 0.383 e. The first-order chi connectivity index (χ1) is 11.0. The van der Waals surface area contributed by atoms with Crippen LogP contribution in [0.2, 0.25) is 5.02 Å². The summed E-state index contributed by atoms with van der Waals surface area (Å²) in [5.74, 6) is 0.0141. The van der Waals surface area contributed by atoms with Gasteiger partial charge in [-0.05, 0) is 31.9 Å². The molecule has 3 rings (SSSR count). The summed E-state index contributed by atoms with van der Waals surface area (Å²) in [4.78, 5) is 0. The number of aliphatic hydroxyl groups is 1. The molecule has 1 aliphatic carbocycles. The van der Waals surface area contributed by atoms with Crippen LogP contribution in [0.25, 0.3) is 0 Å². The molecule has 2 aromatic rings. The summed E-state index contributed by atoms with van der Waals surface area (Å²) in [5, 5.41) is 15.7. The third-order valence-electron chi connectivity index (χ3n) is 4.84. The maximum absolute atomic E-state index is 13.3. The summed E-state index contributed by atoms with van der Waals surface area (Å²) in [6, 6.07) is 4.13. The molecular weight excluding hydrogens is 315 g/mol. The molecule has 23 heavy (non-hydrogen) atoms. The zero-order valence-corrected chi connectivity index (χ0v) is 14.3. The van der Waals surface area contributed by atoms with Crippen molar-refractivity contribution in [1.29, 1.82) is 0 Å². The molecule has 1 aliphatic rings. The van der Waals surface area contributed by atoms with E-state index in [0.717, 1.165) is 29.8 Å². The summed E-state index contributed by atoms with van der Waals surface area (Å²) < 4.78 is 15.2. The maximum atomic E-state index is 13.3. The minimum absolute atomic E-state index is 0.246. The van der Waals surface area contributed by atoms with Crippen LogP contribution in [0.5, 0.6) is 0 Å². The molecule has 1 fully saturated rings. The average Bonchev–Trinajstić information content (AvgIpc) is 2.82. The van der Waals surface area contributed by atoms with Crippen molar-refractivity contribution < 1.29 is 9.50 Å². The van der Waals surface area contributed by atoms with Gasteiger partial charge in [-0.25, -0.2) is 4.39 Å². The van der Waals surface area contributed by atoms with Crippen LogP contribution in [-0.4, -0.2) is 14.9 Å². The number of benzene rings is 1. The first-order valence-corrected chi connectivity index (χ1v) is 8.53. The monoisotopic (exact) mass is 336 g/mol. The van der Waals surface area contributed by atoms with Crippen LogP contribution in [0, 0.1) is 12.7 Å². The van der Waals surface area contributed by atoms with Crippen LogP contribution < -0.4 is 0 Å². The van der Waals surface area contributed by atoms with E-state index in [1.807, 2.05) is 18.7 Å². The quantitative estimate of drug-likeness (QED) is 0.885. The molecule has 0 spiro atoms. The average molecular weight is 337 g/mol. The Labute approximate surface area is 141 Å². The third kappa shape index (κ3) is 3.15. The Morgan fingerprint density at radius 2 is 2.00 bits per heavy atom. The van der Waals surface area contributed by atoms with E-state index in [2.05, 4.69) is 5.10 Å². The molecule has 0 radical (unpaired) electrons. The van der Waals surface area contributed by atoms with Crippen molar-refractivity contribution in [2.45, 2.75) is 51.0 Å². The number of rotatable bonds is 3. The van der Waals surface area contributed by atoms with Gasteiger partial charge >= 0.3 is 0 Å². The standard InChI is InChI=1S/C18H22ClFN2O/c1-11-16(18(23)14-9-8-13(20)10-15(14)19)17(22(2)21-11)12-6-4-3-5-7-12/h8-10,12,18,23H,3-7H2,1-2H3. The second-order valence-electron chi connectivity index (χ2n) is 6.41. The minimum atomic E-state index is -0.881. The van der Waals surface area contributed by atoms with Crippen molar-refractivity contribution in [2.24, 2.45) is 7.05 Å². The van der Waals surface area contributed by atoms with Gasteiger partial charge in [-0.1, -0.05) is 36.9 Å². The molecule has 0 saturated heterocycles. The van der Waals surface area contributed by atoms with E-state index in [4.69, 9.17) is 11.6 Å². The van der Waals surface area contributed by atoms with E-state index < -0.39 is 11.9 Å². The van der Waals surface area contributed by atoms with Gasteiger partial charge in [0.2, 0.25) is 0 Å². The highest BCUT2D eigenvalue weighted by Gasteiger charge is 2.29. The molecule has 1 atom stereocenters. The highest BCUT2D eigenvalue weighted by molar-refractivity contribution is 6.31. The fourth-order valence-electron chi connectivity index (χ4n) is 3.77. The Morgan fingerprint density at radius 1 is 1.30 bits per heavy atom. The van der Waals surface area contributed by atoms with Crippen LogP contribution in [0.3, 0.4) is 0 Å². The van der Waals surface area contributed by atoms with Crippen molar-refractivity contribution >= 4 is 11.6 Å². The highest BCUT2D eigenvalue weighted by atomic mass is 35.5. The Kier molecular flexibility index (Phi) is 4.74. The third-order valence-corrected chi connectivity index (χ3v) is 5.16. The maximum Gasteiger partial charge on any atom is 0.124 e. The summed E-state index contributed by atoms with van der Waals surface area (Å²) >= 11 is 6.14. The number of aryl methyl sites for hydroxylation is 2. The van der Waals surface area contributed by atoms with Gasteiger partial charge in [0.05, 0.1) is 5.69 Å². The van der Waals surface area contributed by atoms with Gasteiger partial charge in [-0.3, -0.25) is 4.68 Å². The molecule has 1 saturated carbocycles. The van der Waals surface area contributed by atoms with Crippen LogP contribution >= 0.6 is 11.6 Å². The molecule has 0 bridgehead atoms. The Bertz CT molecular complexity index is 707. The Hall–Kier alpha value is -1.39. The molecule has 1 heterocycles. The van der Waals surface area contributed by atoms with E-state index in [1.54, 1.807) is 6.07 Å². The lowest BCUT2D eigenvalue weighted by atomic mass is 9.83. The zero-order valence-electron chi connectivity index (χ0n) is 13.5. The van der Waals surface area contributed by atoms with Crippen LogP contribution in [0.4, 0.5) is 4.39 Å². The normalized spacial score (nSPS) is 17.4. The molecule has 124 valence electrons. The highest BCUT2D eigenvalue weighted by Crippen LogP contribution is 2.40. The lowest BCUT2D eigenvalue weighted by Crippen LogP contribution is -2.14. The van der Waals surface area contributed by atoms with Gasteiger partial charge in [-0.2, -0.15) is 5.10 Å². The minimum Gasteiger partial charge on any atom is -0.383 e. The van der Waals surface area contributed by atoms with Crippen molar-refractivity contribution in [1.82, 2.24) is 9.78 Å². The summed E-state index contributed by atoms with van der Waals surface area (Å²) in [7, 11) is 1.93. The summed E-state index contributed by atoms with van der Waals surface area (Å²) in [6.07, 6.45) is 5.05. The molecule has 0 aliphatic heterocycles. The number of aliphatic hydroxyl groups excluding tert-OH is 1.